The van der Waals surface area contributed by atoms with Crippen LogP contribution in [0.5, 0.6) is 0 Å². The third-order valence-corrected chi connectivity index (χ3v) is 0. The summed E-state index contributed by atoms with van der Waals surface area (Å²) in [6.45, 7) is 3.57. The summed E-state index contributed by atoms with van der Waals surface area (Å²) in [6.07, 6.45) is 0. The van der Waals surface area contributed by atoms with E-state index in [4.69, 9.17) is 1.41 Å². The first-order valence-corrected chi connectivity index (χ1v) is 1.22. The fourth-order valence-electron chi connectivity index (χ4n) is 0. The molecule has 0 spiro atoms. The molecule has 24 valence electrons. The van der Waals surface area contributed by atoms with Gasteiger partial charge in [-0.15, -0.1) is 0 Å². The van der Waals surface area contributed by atoms with E-state index in [-0.39, 0.29) is 0 Å². The van der Waals surface area contributed by atoms with Crippen LogP contribution in [-0.2, 0) is 0 Å². The van der Waals surface area contributed by atoms with Crippen molar-refractivity contribution in [2.24, 2.45) is 0 Å². The van der Waals surface area contributed by atoms with Gasteiger partial charge < -0.3 is 5.40 Å². The summed E-state index contributed by atoms with van der Waals surface area (Å²) in [5, 5.41) is 3.06. The van der Waals surface area contributed by atoms with Gasteiger partial charge in [-0.05, 0) is 13.8 Å². The highest BCUT2D eigenvalue weighted by atomic mass is 14.3. The van der Waals surface area contributed by atoms with Crippen LogP contribution in [0.1, 0.15) is 13.8 Å². The molecule has 1 nitrogen and oxygen atoms in total. The van der Waals surface area contributed by atoms with Crippen LogP contribution in [0.3, 0.4) is 0 Å². The summed E-state index contributed by atoms with van der Waals surface area (Å²) >= 11 is 0. The lowest BCUT2D eigenvalue weighted by atomic mass is 10.5. The van der Waals surface area contributed by atoms with Crippen LogP contribution in [0.4, 0.5) is 0 Å². The van der Waals surface area contributed by atoms with E-state index in [2.05, 4.69) is 5.40 Å². The van der Waals surface area contributed by atoms with Crippen molar-refractivity contribution in [2.45, 2.75) is 13.8 Å². The maximum Gasteiger partial charge on any atom is 0.187 e. The van der Waals surface area contributed by atoms with Crippen LogP contribution in [0.25, 0.3) is 0 Å². The molecule has 0 rings (SSSR count). The normalized spacial score (nSPS) is 9.00. The molecule has 0 saturated carbocycles. The quantitative estimate of drug-likeness (QED) is 0.402. The topological polar surface area (TPSA) is 23.9 Å². The SMILES string of the molecule is [2H]N=C(C)C. The van der Waals surface area contributed by atoms with E-state index in [0.29, 0.717) is 0 Å². The lowest BCUT2D eigenvalue weighted by Gasteiger charge is -1.63. The zero-order valence-electron chi connectivity index (χ0n) is 3.95. The van der Waals surface area contributed by atoms with Crippen molar-refractivity contribution in [2.75, 3.05) is 0 Å². The number of nitrogens with one attached hydrogen (secondary N) is 1. The molecular weight excluding hydrogens is 50.0 g/mol. The van der Waals surface area contributed by atoms with Crippen LogP contribution in [0, 0.1) is 5.40 Å². The first-order chi connectivity index (χ1) is 2.27. The van der Waals surface area contributed by atoms with Gasteiger partial charge in [-0.2, -0.15) is 0 Å². The van der Waals surface area contributed by atoms with Gasteiger partial charge in [0.05, 0.1) is 0 Å². The summed E-state index contributed by atoms with van der Waals surface area (Å²) in [7, 11) is 0. The number of hydrogen-bond acceptors (Lipinski definition) is 1. The first-order valence-electron chi connectivity index (χ1n) is 1.67. The van der Waals surface area contributed by atoms with Gasteiger partial charge in [-0.1, -0.05) is 0 Å². The second-order valence-corrected chi connectivity index (χ2v) is 0.947. The van der Waals surface area contributed by atoms with Crippen molar-refractivity contribution in [1.82, 2.24) is 0 Å². The van der Waals surface area contributed by atoms with E-state index in [1.165, 1.54) is 0 Å². The largest absolute Gasteiger partial charge is 0.310 e. The Labute approximate surface area is 27.6 Å². The Bertz CT molecular complexity index is 44.9. The van der Waals surface area contributed by atoms with E-state index in [9.17, 15) is 0 Å². The minimum Gasteiger partial charge on any atom is -0.310 e. The highest BCUT2D eigenvalue weighted by Crippen LogP contribution is 1.52. The molecule has 0 aliphatic heterocycles. The molecular formula is C3H7N. The highest BCUT2D eigenvalue weighted by Gasteiger charge is 1.55. The molecule has 0 heterocycles. The standard InChI is InChI=1S/C3H7N/c1-3(2)4/h4H,1-2H3/i/hD. The van der Waals surface area contributed by atoms with Crippen LogP contribution in [0.2, 0.25) is 1.41 Å². The lowest BCUT2D eigenvalue weighted by Crippen LogP contribution is -1.67. The van der Waals surface area contributed by atoms with Gasteiger partial charge in [0.25, 0.3) is 0 Å². The van der Waals surface area contributed by atoms with Crippen molar-refractivity contribution in [3.05, 3.63) is 0 Å². The monoisotopic (exact) mass is 58.1 g/mol. The molecule has 0 aromatic carbocycles. The smallest absolute Gasteiger partial charge is 0.187 e. The second-order valence-electron chi connectivity index (χ2n) is 0.947. The van der Waals surface area contributed by atoms with E-state index < -0.39 is 0 Å². The number of rotatable bonds is 0. The Morgan fingerprint density at radius 1 is 2.00 bits per heavy atom. The van der Waals surface area contributed by atoms with Gasteiger partial charge >= 0.3 is 0 Å². The minimum absolute atomic E-state index is 0.796. The Balaban J connectivity index is 3.14. The van der Waals surface area contributed by atoms with Crippen LogP contribution >= 0.6 is 0 Å². The Kier molecular flexibility index (Phi) is 0.507. The summed E-state index contributed by atoms with van der Waals surface area (Å²) in [5.41, 5.74) is 0.796. The maximum atomic E-state index is 6.25. The van der Waals surface area contributed by atoms with Gasteiger partial charge in [0, 0.05) is 5.71 Å². The van der Waals surface area contributed by atoms with Gasteiger partial charge in [0.2, 0.25) is 0 Å². The third kappa shape index (κ3) is 6.88. The average Bonchev–Trinajstić information content (AvgIpc) is 1.38. The van der Waals surface area contributed by atoms with Crippen molar-refractivity contribution in [1.29, 1.82) is 5.40 Å². The molecule has 0 unspecified atom stereocenters. The molecule has 0 aliphatic rings. The molecule has 4 heavy (non-hydrogen) atoms. The predicted molar refractivity (Wildman–Crippen MR) is 19.1 cm³/mol. The molecule has 0 atom stereocenters. The zero-order valence-corrected chi connectivity index (χ0v) is 2.95. The number of hydrogen-bond donors (Lipinski definition) is 1. The molecule has 1 N–H and O–H groups in total. The molecule has 0 fully saturated rings. The predicted octanol–water partition coefficient (Wildman–Crippen LogP) is 1.05. The highest BCUT2D eigenvalue weighted by molar-refractivity contribution is 5.75. The molecule has 0 aromatic rings. The fourth-order valence-corrected chi connectivity index (χ4v) is 0. The van der Waals surface area contributed by atoms with Crippen molar-refractivity contribution >= 4 is 5.71 Å². The Morgan fingerprint density at radius 3 is 2.25 bits per heavy atom. The minimum atomic E-state index is 0.796. The van der Waals surface area contributed by atoms with Gasteiger partial charge in [-0.25, -0.2) is 0 Å². The first kappa shape index (κ1) is 1.94. The van der Waals surface area contributed by atoms with E-state index in [0.717, 1.165) is 5.71 Å². The van der Waals surface area contributed by atoms with Crippen LogP contribution < -0.4 is 0 Å². The summed E-state index contributed by atoms with van der Waals surface area (Å²) in [4.78, 5) is 0. The second kappa shape index (κ2) is 1.04. The molecule has 1 heteroatoms. The molecule has 0 amide bonds. The van der Waals surface area contributed by atoms with Crippen molar-refractivity contribution in [3.63, 3.8) is 0 Å². The zero-order chi connectivity index (χ0) is 4.28. The Morgan fingerprint density at radius 2 is 2.25 bits per heavy atom. The molecule has 0 saturated heterocycles. The summed E-state index contributed by atoms with van der Waals surface area (Å²) in [6, 6.07) is 0. The van der Waals surface area contributed by atoms with Crippen LogP contribution in [0.15, 0.2) is 0 Å². The van der Waals surface area contributed by atoms with Crippen molar-refractivity contribution < 1.29 is 1.41 Å². The summed E-state index contributed by atoms with van der Waals surface area (Å²) < 4.78 is 6.25. The maximum absolute atomic E-state index is 6.25. The molecule has 0 aliphatic carbocycles. The van der Waals surface area contributed by atoms with Crippen LogP contribution in [-0.4, -0.2) is 5.71 Å². The molecule has 0 radical (unpaired) electrons. The lowest BCUT2D eigenvalue weighted by molar-refractivity contribution is 1.45. The Hall–Kier alpha value is -0.330. The van der Waals surface area contributed by atoms with Crippen molar-refractivity contribution in [3.8, 4) is 0 Å². The molecule has 0 aromatic heterocycles. The molecule has 0 bridgehead atoms. The fraction of sp³-hybridized carbons (Fsp3) is 0.667. The van der Waals surface area contributed by atoms with Gasteiger partial charge in [-0.3, -0.25) is 0 Å². The van der Waals surface area contributed by atoms with E-state index >= 15 is 0 Å². The average molecular weight is 58.1 g/mol. The van der Waals surface area contributed by atoms with E-state index in [1.807, 2.05) is 0 Å². The van der Waals surface area contributed by atoms with Gasteiger partial charge in [0.15, 0.2) is 1.41 Å². The van der Waals surface area contributed by atoms with E-state index in [1.54, 1.807) is 13.8 Å². The summed E-state index contributed by atoms with van der Waals surface area (Å²) in [5.74, 6) is 0. The van der Waals surface area contributed by atoms with Gasteiger partial charge in [0.1, 0.15) is 0 Å². The third-order valence-electron chi connectivity index (χ3n) is 0.